The molecule has 16 heavy (non-hydrogen) atoms. The van der Waals surface area contributed by atoms with Crippen LogP contribution in [0.1, 0.15) is 62.8 Å². The van der Waals surface area contributed by atoms with Gasteiger partial charge in [-0.15, -0.1) is 0 Å². The second-order valence-corrected chi connectivity index (χ2v) is 4.95. The molecule has 0 unspecified atom stereocenters. The molecule has 0 saturated carbocycles. The Bertz CT molecular complexity index is 279. The highest BCUT2D eigenvalue weighted by molar-refractivity contribution is 5.11. The number of pyridine rings is 1. The lowest BCUT2D eigenvalue weighted by Crippen LogP contribution is -1.95. The summed E-state index contributed by atoms with van der Waals surface area (Å²) >= 11 is 0. The first-order valence-corrected chi connectivity index (χ1v) is 6.90. The molecule has 0 aromatic carbocycles. The standard InChI is InChI=1S/C15H23N/c1-2-4-6-8-11-15-13-9-12-14(16-15)10-7-5-3-1/h9,12-13H,1-8,10-11H2. The quantitative estimate of drug-likeness (QED) is 0.631. The maximum absolute atomic E-state index is 4.74. The normalized spacial score (nSPS) is 19.2. The van der Waals surface area contributed by atoms with E-state index in [1.165, 1.54) is 75.6 Å². The highest BCUT2D eigenvalue weighted by Crippen LogP contribution is 2.14. The van der Waals surface area contributed by atoms with E-state index < -0.39 is 0 Å². The van der Waals surface area contributed by atoms with E-state index >= 15 is 0 Å². The zero-order valence-corrected chi connectivity index (χ0v) is 10.3. The van der Waals surface area contributed by atoms with Crippen LogP contribution in [-0.4, -0.2) is 4.98 Å². The SMILES string of the molecule is c1cc2nc(c1)CCCCCCCCCC2. The van der Waals surface area contributed by atoms with Crippen molar-refractivity contribution < 1.29 is 0 Å². The van der Waals surface area contributed by atoms with Crippen LogP contribution in [0.3, 0.4) is 0 Å². The third kappa shape index (κ3) is 3.96. The van der Waals surface area contributed by atoms with E-state index in [2.05, 4.69) is 18.2 Å². The molecule has 2 bridgehead atoms. The molecule has 0 saturated heterocycles. The van der Waals surface area contributed by atoms with Crippen LogP contribution in [0.15, 0.2) is 18.2 Å². The highest BCUT2D eigenvalue weighted by atomic mass is 14.7. The first-order chi connectivity index (χ1) is 7.95. The molecule has 0 amide bonds. The molecular formula is C15H23N. The molecule has 0 fully saturated rings. The number of aryl methyl sites for hydroxylation is 2. The van der Waals surface area contributed by atoms with Gasteiger partial charge in [-0.25, -0.2) is 0 Å². The van der Waals surface area contributed by atoms with Gasteiger partial charge in [0.25, 0.3) is 0 Å². The average Bonchev–Trinajstić information content (AvgIpc) is 2.32. The largest absolute Gasteiger partial charge is 0.258 e. The van der Waals surface area contributed by atoms with Crippen molar-refractivity contribution in [2.75, 3.05) is 0 Å². The van der Waals surface area contributed by atoms with Crippen LogP contribution in [0.5, 0.6) is 0 Å². The summed E-state index contributed by atoms with van der Waals surface area (Å²) in [5.41, 5.74) is 2.61. The molecule has 0 atom stereocenters. The summed E-state index contributed by atoms with van der Waals surface area (Å²) < 4.78 is 0. The smallest absolute Gasteiger partial charge is 0.0406 e. The molecule has 2 rings (SSSR count). The zero-order valence-electron chi connectivity index (χ0n) is 10.3. The summed E-state index contributed by atoms with van der Waals surface area (Å²) in [6.45, 7) is 0. The molecule has 88 valence electrons. The van der Waals surface area contributed by atoms with Crippen molar-refractivity contribution in [1.29, 1.82) is 0 Å². The van der Waals surface area contributed by atoms with Gasteiger partial charge in [-0.3, -0.25) is 4.98 Å². The summed E-state index contributed by atoms with van der Waals surface area (Å²) in [4.78, 5) is 4.74. The molecule has 1 nitrogen and oxygen atoms in total. The lowest BCUT2D eigenvalue weighted by molar-refractivity contribution is 0.570. The summed E-state index contributed by atoms with van der Waals surface area (Å²) in [6.07, 6.45) is 13.4. The number of aromatic nitrogens is 1. The lowest BCUT2D eigenvalue weighted by Gasteiger charge is -2.03. The molecule has 0 spiro atoms. The minimum atomic E-state index is 1.17. The Hall–Kier alpha value is -0.850. The van der Waals surface area contributed by atoms with Gasteiger partial charge in [0.05, 0.1) is 0 Å². The average molecular weight is 217 g/mol. The van der Waals surface area contributed by atoms with E-state index in [1.54, 1.807) is 0 Å². The zero-order chi connectivity index (χ0) is 11.1. The molecule has 1 heteroatoms. The Kier molecular flexibility index (Phi) is 4.85. The van der Waals surface area contributed by atoms with Gasteiger partial charge in [0.2, 0.25) is 0 Å². The van der Waals surface area contributed by atoms with Crippen LogP contribution in [0.2, 0.25) is 0 Å². The Morgan fingerprint density at radius 2 is 1.06 bits per heavy atom. The van der Waals surface area contributed by atoms with Crippen LogP contribution in [0, 0.1) is 0 Å². The van der Waals surface area contributed by atoms with Crippen LogP contribution in [0.25, 0.3) is 0 Å². The summed E-state index contributed by atoms with van der Waals surface area (Å²) in [5, 5.41) is 0. The fourth-order valence-electron chi connectivity index (χ4n) is 2.48. The van der Waals surface area contributed by atoms with Crippen molar-refractivity contribution in [2.45, 2.75) is 64.2 Å². The molecule has 0 N–H and O–H groups in total. The fraction of sp³-hybridized carbons (Fsp3) is 0.667. The van der Waals surface area contributed by atoms with Crippen LogP contribution < -0.4 is 0 Å². The number of fused-ring (bicyclic) bond motifs is 2. The topological polar surface area (TPSA) is 12.9 Å². The van der Waals surface area contributed by atoms with E-state index in [0.717, 1.165) is 0 Å². The molecule has 1 aliphatic heterocycles. The monoisotopic (exact) mass is 217 g/mol. The van der Waals surface area contributed by atoms with Gasteiger partial charge in [-0.2, -0.15) is 0 Å². The maximum atomic E-state index is 4.74. The van der Waals surface area contributed by atoms with Gasteiger partial charge in [0.15, 0.2) is 0 Å². The predicted octanol–water partition coefficient (Wildman–Crippen LogP) is 4.30. The van der Waals surface area contributed by atoms with Gasteiger partial charge in [0.1, 0.15) is 0 Å². The summed E-state index contributed by atoms with van der Waals surface area (Å²) in [7, 11) is 0. The first-order valence-electron chi connectivity index (χ1n) is 6.90. The van der Waals surface area contributed by atoms with Crippen molar-refractivity contribution in [2.24, 2.45) is 0 Å². The van der Waals surface area contributed by atoms with E-state index in [1.807, 2.05) is 0 Å². The lowest BCUT2D eigenvalue weighted by atomic mass is 10.1. The Morgan fingerprint density at radius 1 is 0.625 bits per heavy atom. The van der Waals surface area contributed by atoms with Crippen molar-refractivity contribution in [1.82, 2.24) is 4.98 Å². The van der Waals surface area contributed by atoms with E-state index in [4.69, 9.17) is 4.98 Å². The summed E-state index contributed by atoms with van der Waals surface area (Å²) in [6, 6.07) is 6.55. The molecule has 1 aromatic heterocycles. The van der Waals surface area contributed by atoms with Gasteiger partial charge in [-0.1, -0.05) is 44.6 Å². The second kappa shape index (κ2) is 6.67. The Balaban J connectivity index is 1.95. The molecule has 2 heterocycles. The summed E-state index contributed by atoms with van der Waals surface area (Å²) in [5.74, 6) is 0. The number of hydrogen-bond acceptors (Lipinski definition) is 1. The third-order valence-corrected chi connectivity index (χ3v) is 3.48. The number of hydrogen-bond donors (Lipinski definition) is 0. The van der Waals surface area contributed by atoms with Crippen molar-refractivity contribution in [3.63, 3.8) is 0 Å². The molecule has 1 aromatic rings. The minimum Gasteiger partial charge on any atom is -0.258 e. The minimum absolute atomic E-state index is 1.17. The van der Waals surface area contributed by atoms with Crippen molar-refractivity contribution in [3.8, 4) is 0 Å². The van der Waals surface area contributed by atoms with Gasteiger partial charge < -0.3 is 0 Å². The van der Waals surface area contributed by atoms with Crippen LogP contribution in [-0.2, 0) is 12.8 Å². The molecular weight excluding hydrogens is 194 g/mol. The first kappa shape index (κ1) is 11.6. The highest BCUT2D eigenvalue weighted by Gasteiger charge is 2.01. The molecule has 0 aliphatic carbocycles. The van der Waals surface area contributed by atoms with Gasteiger partial charge in [0, 0.05) is 11.4 Å². The number of rotatable bonds is 0. The van der Waals surface area contributed by atoms with Crippen molar-refractivity contribution in [3.05, 3.63) is 29.6 Å². The van der Waals surface area contributed by atoms with Crippen molar-refractivity contribution >= 4 is 0 Å². The third-order valence-electron chi connectivity index (χ3n) is 3.48. The maximum Gasteiger partial charge on any atom is 0.0406 e. The van der Waals surface area contributed by atoms with Gasteiger partial charge >= 0.3 is 0 Å². The van der Waals surface area contributed by atoms with E-state index in [0.29, 0.717) is 0 Å². The van der Waals surface area contributed by atoms with E-state index in [9.17, 15) is 0 Å². The number of nitrogens with zero attached hydrogens (tertiary/aromatic N) is 1. The molecule has 1 aliphatic rings. The fourth-order valence-corrected chi connectivity index (χ4v) is 2.48. The Morgan fingerprint density at radius 3 is 1.56 bits per heavy atom. The van der Waals surface area contributed by atoms with E-state index in [-0.39, 0.29) is 0 Å². The Labute approximate surface area is 99.3 Å². The second-order valence-electron chi connectivity index (χ2n) is 4.95. The molecule has 0 radical (unpaired) electrons. The van der Waals surface area contributed by atoms with Crippen LogP contribution in [0.4, 0.5) is 0 Å². The van der Waals surface area contributed by atoms with Gasteiger partial charge in [-0.05, 0) is 37.8 Å². The van der Waals surface area contributed by atoms with Crippen LogP contribution >= 0.6 is 0 Å². The predicted molar refractivity (Wildman–Crippen MR) is 68.6 cm³/mol.